The van der Waals surface area contributed by atoms with E-state index in [2.05, 4.69) is 45.7 Å². The Hall–Kier alpha value is -2.36. The molecule has 1 aromatic carbocycles. The summed E-state index contributed by atoms with van der Waals surface area (Å²) in [6.07, 6.45) is 5.16. The van der Waals surface area contributed by atoms with Gasteiger partial charge in [-0.15, -0.1) is 0 Å². The number of nitrogens with zero attached hydrogens (tertiary/aromatic N) is 3. The highest BCUT2D eigenvalue weighted by Gasteiger charge is 2.19. The summed E-state index contributed by atoms with van der Waals surface area (Å²) in [5.74, 6) is 1.03. The maximum absolute atomic E-state index is 4.49. The van der Waals surface area contributed by atoms with Crippen molar-refractivity contribution < 1.29 is 0 Å². The first-order valence-corrected chi connectivity index (χ1v) is 7.44. The van der Waals surface area contributed by atoms with Crippen molar-refractivity contribution in [3.05, 3.63) is 59.4 Å². The number of rotatable bonds is 2. The van der Waals surface area contributed by atoms with Gasteiger partial charge in [0, 0.05) is 23.9 Å². The molecule has 3 aromatic rings. The van der Waals surface area contributed by atoms with Crippen LogP contribution in [0.3, 0.4) is 0 Å². The Bertz CT molecular complexity index is 790. The molecule has 0 saturated heterocycles. The van der Waals surface area contributed by atoms with E-state index in [0.29, 0.717) is 6.04 Å². The SMILES string of the molecule is Cc1cc(NC2CCc3ccccc3C2)n2nccc2n1. The van der Waals surface area contributed by atoms with Gasteiger partial charge in [-0.05, 0) is 37.3 Å². The highest BCUT2D eigenvalue weighted by molar-refractivity contribution is 5.50. The molecule has 0 amide bonds. The zero-order valence-electron chi connectivity index (χ0n) is 12.1. The highest BCUT2D eigenvalue weighted by atomic mass is 15.3. The van der Waals surface area contributed by atoms with Gasteiger partial charge in [0.25, 0.3) is 0 Å². The molecule has 4 nitrogen and oxygen atoms in total. The Morgan fingerprint density at radius 3 is 2.95 bits per heavy atom. The molecule has 4 rings (SSSR count). The zero-order valence-corrected chi connectivity index (χ0v) is 12.1. The second-order valence-electron chi connectivity index (χ2n) is 5.74. The maximum Gasteiger partial charge on any atom is 0.157 e. The molecule has 0 fully saturated rings. The molecule has 0 saturated carbocycles. The number of aromatic nitrogens is 3. The Morgan fingerprint density at radius 1 is 1.19 bits per heavy atom. The van der Waals surface area contributed by atoms with Crippen molar-refractivity contribution in [3.8, 4) is 0 Å². The van der Waals surface area contributed by atoms with Gasteiger partial charge in [0.2, 0.25) is 0 Å². The van der Waals surface area contributed by atoms with E-state index in [-0.39, 0.29) is 0 Å². The first kappa shape index (κ1) is 12.4. The van der Waals surface area contributed by atoms with Crippen LogP contribution >= 0.6 is 0 Å². The van der Waals surface area contributed by atoms with E-state index in [1.165, 1.54) is 11.1 Å². The molecular formula is C17H18N4. The van der Waals surface area contributed by atoms with Gasteiger partial charge in [-0.1, -0.05) is 24.3 Å². The van der Waals surface area contributed by atoms with Crippen molar-refractivity contribution in [2.24, 2.45) is 0 Å². The summed E-state index contributed by atoms with van der Waals surface area (Å²) in [5.41, 5.74) is 4.87. The van der Waals surface area contributed by atoms with E-state index in [0.717, 1.165) is 36.4 Å². The topological polar surface area (TPSA) is 42.2 Å². The summed E-state index contributed by atoms with van der Waals surface area (Å²) >= 11 is 0. The van der Waals surface area contributed by atoms with Crippen LogP contribution in [0.5, 0.6) is 0 Å². The molecule has 1 N–H and O–H groups in total. The largest absolute Gasteiger partial charge is 0.367 e. The Labute approximate surface area is 123 Å². The maximum atomic E-state index is 4.49. The molecule has 1 unspecified atom stereocenters. The number of fused-ring (bicyclic) bond motifs is 2. The van der Waals surface area contributed by atoms with Crippen LogP contribution in [0, 0.1) is 6.92 Å². The number of nitrogens with one attached hydrogen (secondary N) is 1. The summed E-state index contributed by atoms with van der Waals surface area (Å²) in [6.45, 7) is 2.02. The van der Waals surface area contributed by atoms with E-state index >= 15 is 0 Å². The summed E-state index contributed by atoms with van der Waals surface area (Å²) in [4.78, 5) is 4.49. The minimum absolute atomic E-state index is 0.453. The monoisotopic (exact) mass is 278 g/mol. The lowest BCUT2D eigenvalue weighted by molar-refractivity contribution is 0.606. The number of hydrogen-bond donors (Lipinski definition) is 1. The van der Waals surface area contributed by atoms with Crippen LogP contribution < -0.4 is 5.32 Å². The predicted molar refractivity (Wildman–Crippen MR) is 83.6 cm³/mol. The van der Waals surface area contributed by atoms with Crippen molar-refractivity contribution in [1.29, 1.82) is 0 Å². The number of aryl methyl sites for hydroxylation is 2. The van der Waals surface area contributed by atoms with Crippen LogP contribution in [0.15, 0.2) is 42.6 Å². The van der Waals surface area contributed by atoms with E-state index in [4.69, 9.17) is 0 Å². The van der Waals surface area contributed by atoms with E-state index in [9.17, 15) is 0 Å². The third-order valence-corrected chi connectivity index (χ3v) is 4.19. The van der Waals surface area contributed by atoms with Crippen molar-refractivity contribution >= 4 is 11.5 Å². The molecule has 4 heteroatoms. The summed E-state index contributed by atoms with van der Waals surface area (Å²) in [7, 11) is 0. The third kappa shape index (κ3) is 2.27. The van der Waals surface area contributed by atoms with Crippen LogP contribution in [0.1, 0.15) is 23.2 Å². The predicted octanol–water partition coefficient (Wildman–Crippen LogP) is 3.01. The number of anilines is 1. The first-order valence-electron chi connectivity index (χ1n) is 7.44. The molecule has 106 valence electrons. The van der Waals surface area contributed by atoms with Crippen LogP contribution in [0.4, 0.5) is 5.82 Å². The lowest BCUT2D eigenvalue weighted by Gasteiger charge is -2.26. The quantitative estimate of drug-likeness (QED) is 0.783. The number of benzene rings is 1. The highest BCUT2D eigenvalue weighted by Crippen LogP contribution is 2.24. The lowest BCUT2D eigenvalue weighted by Crippen LogP contribution is -2.28. The first-order chi connectivity index (χ1) is 10.3. The third-order valence-electron chi connectivity index (χ3n) is 4.19. The lowest BCUT2D eigenvalue weighted by atomic mass is 9.88. The van der Waals surface area contributed by atoms with Crippen LogP contribution in [0.2, 0.25) is 0 Å². The average Bonchev–Trinajstić information content (AvgIpc) is 2.95. The molecule has 1 aliphatic carbocycles. The number of hydrogen-bond acceptors (Lipinski definition) is 3. The molecule has 0 radical (unpaired) electrons. The molecular weight excluding hydrogens is 260 g/mol. The fraction of sp³-hybridized carbons (Fsp3) is 0.294. The minimum Gasteiger partial charge on any atom is -0.367 e. The van der Waals surface area contributed by atoms with Gasteiger partial charge in [-0.3, -0.25) is 0 Å². The van der Waals surface area contributed by atoms with E-state index < -0.39 is 0 Å². The van der Waals surface area contributed by atoms with Gasteiger partial charge < -0.3 is 5.32 Å². The summed E-state index contributed by atoms with van der Waals surface area (Å²) < 4.78 is 1.88. The van der Waals surface area contributed by atoms with Crippen molar-refractivity contribution in [3.63, 3.8) is 0 Å². The van der Waals surface area contributed by atoms with Gasteiger partial charge in [-0.25, -0.2) is 4.98 Å². The molecule has 2 heterocycles. The summed E-state index contributed by atoms with van der Waals surface area (Å²) in [6, 6.07) is 13.2. The average molecular weight is 278 g/mol. The van der Waals surface area contributed by atoms with Gasteiger partial charge in [0.05, 0.1) is 6.20 Å². The van der Waals surface area contributed by atoms with E-state index in [1.54, 1.807) is 6.20 Å². The van der Waals surface area contributed by atoms with Gasteiger partial charge in [0.1, 0.15) is 5.82 Å². The van der Waals surface area contributed by atoms with Gasteiger partial charge >= 0.3 is 0 Å². The zero-order chi connectivity index (χ0) is 14.2. The fourth-order valence-corrected chi connectivity index (χ4v) is 3.17. The molecule has 1 atom stereocenters. The van der Waals surface area contributed by atoms with Crippen LogP contribution in [-0.2, 0) is 12.8 Å². The van der Waals surface area contributed by atoms with E-state index in [1.807, 2.05) is 17.5 Å². The van der Waals surface area contributed by atoms with Crippen molar-refractivity contribution in [2.75, 3.05) is 5.32 Å². The van der Waals surface area contributed by atoms with Gasteiger partial charge in [-0.2, -0.15) is 9.61 Å². The summed E-state index contributed by atoms with van der Waals surface area (Å²) in [5, 5.41) is 8.01. The Kier molecular flexibility index (Phi) is 2.88. The molecule has 0 bridgehead atoms. The van der Waals surface area contributed by atoms with Crippen molar-refractivity contribution in [1.82, 2.24) is 14.6 Å². The molecule has 2 aromatic heterocycles. The second-order valence-corrected chi connectivity index (χ2v) is 5.74. The molecule has 1 aliphatic rings. The Morgan fingerprint density at radius 2 is 2.05 bits per heavy atom. The minimum atomic E-state index is 0.453. The normalized spacial score (nSPS) is 17.7. The van der Waals surface area contributed by atoms with Gasteiger partial charge in [0.15, 0.2) is 5.65 Å². The van der Waals surface area contributed by atoms with Crippen LogP contribution in [-0.4, -0.2) is 20.6 Å². The van der Waals surface area contributed by atoms with Crippen molar-refractivity contribution in [2.45, 2.75) is 32.2 Å². The molecule has 0 aliphatic heterocycles. The molecule has 21 heavy (non-hydrogen) atoms. The second kappa shape index (κ2) is 4.88. The Balaban J connectivity index is 1.63. The standard InChI is InChI=1S/C17H18N4/c1-12-10-17(21-16(19-12)8-9-18-21)20-15-7-6-13-4-2-3-5-14(13)11-15/h2-5,8-10,15,20H,6-7,11H2,1H3. The smallest absolute Gasteiger partial charge is 0.157 e. The van der Waals surface area contributed by atoms with Crippen LogP contribution in [0.25, 0.3) is 5.65 Å². The molecule has 0 spiro atoms. The fourth-order valence-electron chi connectivity index (χ4n) is 3.17.